The van der Waals surface area contributed by atoms with Crippen molar-refractivity contribution in [2.45, 2.75) is 26.8 Å². The molecule has 0 saturated carbocycles. The second-order valence-corrected chi connectivity index (χ2v) is 5.97. The largest absolute Gasteiger partial charge is 0.398 e. The van der Waals surface area contributed by atoms with Gasteiger partial charge in [0.2, 0.25) is 5.43 Å². The van der Waals surface area contributed by atoms with Crippen LogP contribution in [0.15, 0.2) is 29.2 Å². The van der Waals surface area contributed by atoms with Crippen LogP contribution in [0.2, 0.25) is 0 Å². The number of aliphatic hydroxyl groups is 1. The molecule has 0 saturated heterocycles. The summed E-state index contributed by atoms with van der Waals surface area (Å²) in [5.74, 6) is 0.00435. The third-order valence-electron chi connectivity index (χ3n) is 3.73. The van der Waals surface area contributed by atoms with Gasteiger partial charge in [0.05, 0.1) is 17.5 Å². The molecule has 4 N–H and O–H groups in total. The number of aromatic nitrogens is 1. The maximum Gasteiger partial charge on any atom is 0.256 e. The van der Waals surface area contributed by atoms with Gasteiger partial charge in [-0.25, -0.2) is 0 Å². The number of anilines is 1. The highest BCUT2D eigenvalue weighted by molar-refractivity contribution is 6.00. The molecule has 1 amide bonds. The number of fused-ring (bicyclic) bond motifs is 1. The van der Waals surface area contributed by atoms with Crippen molar-refractivity contribution >= 4 is 22.5 Å². The van der Waals surface area contributed by atoms with Crippen molar-refractivity contribution in [2.75, 3.05) is 18.9 Å². The van der Waals surface area contributed by atoms with Crippen LogP contribution >= 0.6 is 0 Å². The Hall–Kier alpha value is -2.34. The predicted molar refractivity (Wildman–Crippen MR) is 91.5 cm³/mol. The first kappa shape index (κ1) is 17.0. The Morgan fingerprint density at radius 1 is 1.39 bits per heavy atom. The Morgan fingerprint density at radius 2 is 2.13 bits per heavy atom. The number of nitrogen functional groups attached to an aromatic ring is 1. The van der Waals surface area contributed by atoms with E-state index in [9.17, 15) is 9.59 Å². The predicted octanol–water partition coefficient (Wildman–Crippen LogP) is 1.35. The van der Waals surface area contributed by atoms with Gasteiger partial charge in [-0.15, -0.1) is 0 Å². The number of aliphatic hydroxyl groups excluding tert-OH is 1. The van der Waals surface area contributed by atoms with E-state index in [2.05, 4.69) is 19.2 Å². The maximum absolute atomic E-state index is 12.6. The lowest BCUT2D eigenvalue weighted by molar-refractivity contribution is 0.0943. The fraction of sp³-hybridized carbons (Fsp3) is 0.412. The summed E-state index contributed by atoms with van der Waals surface area (Å²) in [5, 5.41) is 11.7. The average molecular weight is 317 g/mol. The molecule has 0 unspecified atom stereocenters. The summed E-state index contributed by atoms with van der Waals surface area (Å²) in [4.78, 5) is 24.8. The molecule has 0 atom stereocenters. The highest BCUT2D eigenvalue weighted by Crippen LogP contribution is 2.19. The molecular formula is C17H23N3O3. The monoisotopic (exact) mass is 317 g/mol. The van der Waals surface area contributed by atoms with E-state index in [0.717, 1.165) is 11.9 Å². The Morgan fingerprint density at radius 3 is 2.78 bits per heavy atom. The molecule has 6 nitrogen and oxygen atoms in total. The van der Waals surface area contributed by atoms with Crippen LogP contribution in [-0.4, -0.2) is 28.7 Å². The molecular weight excluding hydrogens is 294 g/mol. The molecule has 6 heteroatoms. The number of nitrogens with zero attached hydrogens (tertiary/aromatic N) is 1. The van der Waals surface area contributed by atoms with Crippen LogP contribution in [0, 0.1) is 5.92 Å². The van der Waals surface area contributed by atoms with Gasteiger partial charge in [-0.05, 0) is 24.5 Å². The van der Waals surface area contributed by atoms with Crippen LogP contribution in [0.3, 0.4) is 0 Å². The van der Waals surface area contributed by atoms with Crippen LogP contribution in [0.4, 0.5) is 5.69 Å². The second-order valence-electron chi connectivity index (χ2n) is 5.97. The summed E-state index contributed by atoms with van der Waals surface area (Å²) in [5.41, 5.74) is 6.73. The summed E-state index contributed by atoms with van der Waals surface area (Å²) < 4.78 is 1.90. The third kappa shape index (κ3) is 3.71. The summed E-state index contributed by atoms with van der Waals surface area (Å²) in [6.45, 7) is 4.86. The van der Waals surface area contributed by atoms with E-state index in [-0.39, 0.29) is 24.1 Å². The average Bonchev–Trinajstić information content (AvgIpc) is 2.51. The number of nitrogens with two attached hydrogens (primary N) is 1. The normalized spacial score (nSPS) is 11.1. The molecule has 0 bridgehead atoms. The smallest absolute Gasteiger partial charge is 0.256 e. The third-order valence-corrected chi connectivity index (χ3v) is 3.73. The standard InChI is InChI=1S/C17H23N3O3/c1-11(2)6-8-20-10-12(17(23)19-7-9-21)16(22)15-13(18)4-3-5-14(15)20/h3-5,10-11,21H,6-9,18H2,1-2H3,(H,19,23). The van der Waals surface area contributed by atoms with Crippen LogP contribution < -0.4 is 16.5 Å². The van der Waals surface area contributed by atoms with Crippen molar-refractivity contribution in [2.24, 2.45) is 5.92 Å². The lowest BCUT2D eigenvalue weighted by atomic mass is 10.1. The van der Waals surface area contributed by atoms with Crippen molar-refractivity contribution in [3.63, 3.8) is 0 Å². The van der Waals surface area contributed by atoms with Crippen molar-refractivity contribution < 1.29 is 9.90 Å². The highest BCUT2D eigenvalue weighted by Gasteiger charge is 2.16. The molecule has 1 aromatic heterocycles. The fourth-order valence-electron chi connectivity index (χ4n) is 2.47. The van der Waals surface area contributed by atoms with E-state index < -0.39 is 5.91 Å². The molecule has 23 heavy (non-hydrogen) atoms. The number of aryl methyl sites for hydroxylation is 1. The number of pyridine rings is 1. The van der Waals surface area contributed by atoms with Gasteiger partial charge in [0, 0.05) is 25.0 Å². The second kappa shape index (κ2) is 7.28. The molecule has 0 aliphatic heterocycles. The number of nitrogens with one attached hydrogen (secondary N) is 1. The molecule has 0 aliphatic rings. The minimum atomic E-state index is -0.493. The van der Waals surface area contributed by atoms with Crippen LogP contribution in [0.25, 0.3) is 10.9 Å². The molecule has 0 aliphatic carbocycles. The maximum atomic E-state index is 12.6. The SMILES string of the molecule is CC(C)CCn1cc(C(=O)NCCO)c(=O)c2c(N)cccc21. The Balaban J connectivity index is 2.59. The zero-order valence-electron chi connectivity index (χ0n) is 13.5. The topological polar surface area (TPSA) is 97.4 Å². The lowest BCUT2D eigenvalue weighted by Crippen LogP contribution is -2.32. The van der Waals surface area contributed by atoms with Crippen molar-refractivity contribution in [1.82, 2.24) is 9.88 Å². The number of carbonyl (C=O) groups excluding carboxylic acids is 1. The van der Waals surface area contributed by atoms with Crippen molar-refractivity contribution in [3.8, 4) is 0 Å². The van der Waals surface area contributed by atoms with Crippen molar-refractivity contribution in [3.05, 3.63) is 40.2 Å². The molecule has 1 heterocycles. The van der Waals surface area contributed by atoms with Gasteiger partial charge in [-0.2, -0.15) is 0 Å². The van der Waals surface area contributed by atoms with E-state index in [1.54, 1.807) is 18.3 Å². The van der Waals surface area contributed by atoms with Gasteiger partial charge in [0.25, 0.3) is 5.91 Å². The van der Waals surface area contributed by atoms with Gasteiger partial charge in [-0.3, -0.25) is 9.59 Å². The number of benzene rings is 1. The molecule has 0 spiro atoms. The van der Waals surface area contributed by atoms with E-state index in [1.807, 2.05) is 10.6 Å². The summed E-state index contributed by atoms with van der Waals surface area (Å²) in [7, 11) is 0. The molecule has 0 fully saturated rings. The van der Waals surface area contributed by atoms with Crippen LogP contribution in [-0.2, 0) is 6.54 Å². The van der Waals surface area contributed by atoms with Crippen LogP contribution in [0.1, 0.15) is 30.6 Å². The minimum absolute atomic E-state index is 0.0487. The summed E-state index contributed by atoms with van der Waals surface area (Å²) in [6.07, 6.45) is 2.50. The van der Waals surface area contributed by atoms with E-state index in [1.165, 1.54) is 0 Å². The molecule has 0 radical (unpaired) electrons. The molecule has 1 aromatic carbocycles. The molecule has 124 valence electrons. The first-order chi connectivity index (χ1) is 11.0. The zero-order valence-corrected chi connectivity index (χ0v) is 13.5. The van der Waals surface area contributed by atoms with E-state index >= 15 is 0 Å². The van der Waals surface area contributed by atoms with Crippen molar-refractivity contribution in [1.29, 1.82) is 0 Å². The molecule has 2 rings (SSSR count). The Bertz CT molecular complexity index is 766. The first-order valence-electron chi connectivity index (χ1n) is 7.76. The van der Waals surface area contributed by atoms with Crippen LogP contribution in [0.5, 0.6) is 0 Å². The summed E-state index contributed by atoms with van der Waals surface area (Å²) in [6, 6.07) is 5.29. The molecule has 2 aromatic rings. The number of hydrogen-bond acceptors (Lipinski definition) is 4. The number of amides is 1. The van der Waals surface area contributed by atoms with E-state index in [0.29, 0.717) is 23.5 Å². The van der Waals surface area contributed by atoms with E-state index in [4.69, 9.17) is 10.8 Å². The highest BCUT2D eigenvalue weighted by atomic mass is 16.3. The lowest BCUT2D eigenvalue weighted by Gasteiger charge is -2.15. The zero-order chi connectivity index (χ0) is 17.0. The first-order valence-corrected chi connectivity index (χ1v) is 7.76. The Labute approximate surface area is 134 Å². The Kier molecular flexibility index (Phi) is 5.39. The fourth-order valence-corrected chi connectivity index (χ4v) is 2.47. The number of hydrogen-bond donors (Lipinski definition) is 3. The van der Waals surface area contributed by atoms with Gasteiger partial charge >= 0.3 is 0 Å². The van der Waals surface area contributed by atoms with Gasteiger partial charge in [0.15, 0.2) is 0 Å². The summed E-state index contributed by atoms with van der Waals surface area (Å²) >= 11 is 0. The quantitative estimate of drug-likeness (QED) is 0.701. The number of carbonyl (C=O) groups is 1. The number of rotatable bonds is 6. The minimum Gasteiger partial charge on any atom is -0.398 e. The van der Waals surface area contributed by atoms with Gasteiger partial charge < -0.3 is 20.7 Å². The van der Waals surface area contributed by atoms with Gasteiger partial charge in [-0.1, -0.05) is 19.9 Å². The van der Waals surface area contributed by atoms with Gasteiger partial charge in [0.1, 0.15) is 5.56 Å².